The Balaban J connectivity index is 2.38. The van der Waals surface area contributed by atoms with Crippen molar-refractivity contribution < 1.29 is 9.13 Å². The van der Waals surface area contributed by atoms with Crippen LogP contribution in [0.1, 0.15) is 73.6 Å². The number of rotatable bonds is 2. The first-order valence-corrected chi connectivity index (χ1v) is 10.2. The summed E-state index contributed by atoms with van der Waals surface area (Å²) in [6, 6.07) is 6.70. The average molecular weight is 400 g/mol. The molecular formula is C24H34FN3O. The zero-order valence-electron chi connectivity index (χ0n) is 19.2. The number of nitrogens with one attached hydrogen (secondary N) is 1. The molecule has 1 aliphatic rings. The van der Waals surface area contributed by atoms with Crippen molar-refractivity contribution in [3.05, 3.63) is 41.3 Å². The molecule has 1 aromatic heterocycles. The second kappa shape index (κ2) is 6.89. The van der Waals surface area contributed by atoms with E-state index in [4.69, 9.17) is 9.73 Å². The topological polar surface area (TPSA) is 38.5 Å². The van der Waals surface area contributed by atoms with Gasteiger partial charge in [-0.15, -0.1) is 0 Å². The zero-order chi connectivity index (χ0) is 21.8. The Kier molecular flexibility index (Phi) is 5.09. The molecule has 0 amide bonds. The number of aromatic nitrogens is 1. The fraction of sp³-hybridized carbons (Fsp3) is 0.542. The normalized spacial score (nSPS) is 16.1. The van der Waals surface area contributed by atoms with Crippen LogP contribution >= 0.6 is 0 Å². The molecule has 5 heteroatoms. The van der Waals surface area contributed by atoms with Gasteiger partial charge in [-0.2, -0.15) is 0 Å². The number of nitrogens with zero attached hydrogens (tertiary/aromatic N) is 2. The lowest BCUT2D eigenvalue weighted by atomic mass is 10.0. The molecule has 0 bridgehead atoms. The van der Waals surface area contributed by atoms with Crippen molar-refractivity contribution >= 4 is 11.7 Å². The van der Waals surface area contributed by atoms with Gasteiger partial charge in [-0.05, 0) is 80.0 Å². The predicted molar refractivity (Wildman–Crippen MR) is 119 cm³/mol. The van der Waals surface area contributed by atoms with Gasteiger partial charge in [-0.1, -0.05) is 12.1 Å². The van der Waals surface area contributed by atoms with Crippen molar-refractivity contribution in [3.8, 4) is 11.1 Å². The van der Waals surface area contributed by atoms with Gasteiger partial charge in [0, 0.05) is 22.2 Å². The molecule has 0 aliphatic carbocycles. The number of hydrogen-bond donors (Lipinski definition) is 1. The van der Waals surface area contributed by atoms with Crippen LogP contribution in [0.2, 0.25) is 0 Å². The van der Waals surface area contributed by atoms with Gasteiger partial charge < -0.3 is 14.6 Å². The van der Waals surface area contributed by atoms with Crippen LogP contribution in [-0.2, 0) is 16.9 Å². The smallest absolute Gasteiger partial charge is 0.234 e. The van der Waals surface area contributed by atoms with Gasteiger partial charge in [-0.25, -0.2) is 9.38 Å². The van der Waals surface area contributed by atoms with E-state index in [0.717, 1.165) is 28.2 Å². The first-order valence-electron chi connectivity index (χ1n) is 10.2. The summed E-state index contributed by atoms with van der Waals surface area (Å²) in [5.41, 5.74) is 3.54. The Labute approximate surface area is 174 Å². The maximum absolute atomic E-state index is 13.6. The molecule has 3 rings (SSSR count). The third-order valence-corrected chi connectivity index (χ3v) is 4.56. The van der Waals surface area contributed by atoms with Gasteiger partial charge in [0.25, 0.3) is 0 Å². The highest BCUT2D eigenvalue weighted by atomic mass is 19.1. The lowest BCUT2D eigenvalue weighted by Gasteiger charge is -2.32. The van der Waals surface area contributed by atoms with Crippen LogP contribution in [0, 0.1) is 5.82 Å². The minimum absolute atomic E-state index is 0.147. The second-order valence-corrected chi connectivity index (χ2v) is 10.8. The minimum Gasteiger partial charge on any atom is -0.471 e. The average Bonchev–Trinajstić information content (AvgIpc) is 3.02. The van der Waals surface area contributed by atoms with Gasteiger partial charge in [-0.3, -0.25) is 0 Å². The van der Waals surface area contributed by atoms with Crippen LogP contribution in [0.15, 0.2) is 29.3 Å². The van der Waals surface area contributed by atoms with E-state index in [1.807, 2.05) is 12.1 Å². The molecular weight excluding hydrogens is 365 g/mol. The molecule has 2 aromatic rings. The van der Waals surface area contributed by atoms with E-state index < -0.39 is 0 Å². The highest BCUT2D eigenvalue weighted by Crippen LogP contribution is 2.44. The molecule has 0 atom stereocenters. The van der Waals surface area contributed by atoms with Gasteiger partial charge >= 0.3 is 0 Å². The molecule has 1 aliphatic heterocycles. The highest BCUT2D eigenvalue weighted by molar-refractivity contribution is 6.02. The van der Waals surface area contributed by atoms with Gasteiger partial charge in [0.15, 0.2) is 0 Å². The largest absolute Gasteiger partial charge is 0.471 e. The summed E-state index contributed by atoms with van der Waals surface area (Å²) in [6.07, 6.45) is 0. The Morgan fingerprint density at radius 3 is 2.03 bits per heavy atom. The Morgan fingerprint density at radius 2 is 1.55 bits per heavy atom. The van der Waals surface area contributed by atoms with E-state index in [-0.39, 0.29) is 22.4 Å². The Morgan fingerprint density at radius 1 is 0.966 bits per heavy atom. The van der Waals surface area contributed by atoms with Crippen molar-refractivity contribution in [1.82, 2.24) is 4.57 Å². The molecule has 0 fully saturated rings. The summed E-state index contributed by atoms with van der Waals surface area (Å²) in [7, 11) is 0. The van der Waals surface area contributed by atoms with Gasteiger partial charge in [0.05, 0.1) is 5.54 Å². The highest BCUT2D eigenvalue weighted by Gasteiger charge is 2.38. The summed E-state index contributed by atoms with van der Waals surface area (Å²) >= 11 is 0. The molecule has 2 heterocycles. The number of hydrogen-bond acceptors (Lipinski definition) is 3. The van der Waals surface area contributed by atoms with Crippen molar-refractivity contribution in [3.63, 3.8) is 0 Å². The molecule has 0 saturated heterocycles. The molecule has 4 nitrogen and oxygen atoms in total. The summed E-state index contributed by atoms with van der Waals surface area (Å²) in [5.74, 6) is 1.46. The lowest BCUT2D eigenvalue weighted by Crippen LogP contribution is -2.33. The number of ether oxygens (including phenoxy) is 1. The van der Waals surface area contributed by atoms with E-state index in [2.05, 4.69) is 72.2 Å². The minimum atomic E-state index is -0.252. The van der Waals surface area contributed by atoms with Crippen LogP contribution in [-0.4, -0.2) is 21.5 Å². The number of aliphatic imine (C=N–C) groups is 1. The van der Waals surface area contributed by atoms with Crippen LogP contribution in [0.4, 0.5) is 10.2 Å². The first-order chi connectivity index (χ1) is 13.2. The molecule has 0 spiro atoms. The van der Waals surface area contributed by atoms with E-state index in [9.17, 15) is 4.39 Å². The van der Waals surface area contributed by atoms with Crippen molar-refractivity contribution in [1.29, 1.82) is 0 Å². The van der Waals surface area contributed by atoms with Crippen LogP contribution in [0.3, 0.4) is 0 Å². The van der Waals surface area contributed by atoms with Crippen molar-refractivity contribution in [2.75, 3.05) is 5.32 Å². The molecule has 0 unspecified atom stereocenters. The van der Waals surface area contributed by atoms with Crippen LogP contribution in [0.5, 0.6) is 0 Å². The third kappa shape index (κ3) is 4.49. The summed E-state index contributed by atoms with van der Waals surface area (Å²) in [6.45, 7) is 19.7. The van der Waals surface area contributed by atoms with Crippen LogP contribution < -0.4 is 5.32 Å². The Bertz CT molecular complexity index is 933. The second-order valence-electron chi connectivity index (χ2n) is 10.8. The van der Waals surface area contributed by atoms with Crippen LogP contribution in [0.25, 0.3) is 11.1 Å². The number of anilines is 1. The summed E-state index contributed by atoms with van der Waals surface area (Å²) in [4.78, 5) is 4.87. The van der Waals surface area contributed by atoms with E-state index >= 15 is 0 Å². The first kappa shape index (κ1) is 21.4. The molecule has 0 saturated carbocycles. The molecule has 1 N–H and O–H groups in total. The molecule has 0 radical (unpaired) electrons. The molecule has 158 valence electrons. The number of benzene rings is 1. The zero-order valence-corrected chi connectivity index (χ0v) is 19.2. The maximum atomic E-state index is 13.6. The Hall–Kier alpha value is -2.30. The van der Waals surface area contributed by atoms with Crippen molar-refractivity contribution in [2.45, 2.75) is 85.5 Å². The van der Waals surface area contributed by atoms with E-state index in [0.29, 0.717) is 12.5 Å². The van der Waals surface area contributed by atoms with Crippen molar-refractivity contribution in [2.24, 2.45) is 4.99 Å². The monoisotopic (exact) mass is 399 g/mol. The standard InChI is InChI=1S/C24H34FN3O/c1-22(2,3)26-20-18(15-10-12-16(25)13-11-15)17-14-29-21(27-23(4,5)6)19(17)28(20)24(7,8)9/h10-13,26H,14H2,1-9H3. The summed E-state index contributed by atoms with van der Waals surface area (Å²) < 4.78 is 22.0. The summed E-state index contributed by atoms with van der Waals surface area (Å²) in [5, 5.41) is 3.71. The number of fused-ring (bicyclic) bond motifs is 1. The number of halogens is 1. The van der Waals surface area contributed by atoms with E-state index in [1.54, 1.807) is 0 Å². The molecule has 29 heavy (non-hydrogen) atoms. The SMILES string of the molecule is CC(C)(C)N=C1OCc2c(-c3ccc(F)cc3)c(NC(C)(C)C)n(C(C)(C)C)c21. The predicted octanol–water partition coefficient (Wildman–Crippen LogP) is 6.33. The van der Waals surface area contributed by atoms with Gasteiger partial charge in [0.1, 0.15) is 23.9 Å². The lowest BCUT2D eigenvalue weighted by molar-refractivity contribution is 0.305. The molecule has 1 aromatic carbocycles. The van der Waals surface area contributed by atoms with E-state index in [1.165, 1.54) is 12.1 Å². The fourth-order valence-corrected chi connectivity index (χ4v) is 3.66. The quantitative estimate of drug-likeness (QED) is 0.640. The van der Waals surface area contributed by atoms with Gasteiger partial charge in [0.2, 0.25) is 5.90 Å². The third-order valence-electron chi connectivity index (χ3n) is 4.56. The maximum Gasteiger partial charge on any atom is 0.234 e. The fourth-order valence-electron chi connectivity index (χ4n) is 3.66.